The zero-order valence-electron chi connectivity index (χ0n) is 17.9. The smallest absolute Gasteiger partial charge is 0.240 e. The first kappa shape index (κ1) is 22.6. The summed E-state index contributed by atoms with van der Waals surface area (Å²) >= 11 is 0. The highest BCUT2D eigenvalue weighted by Gasteiger charge is 2.32. The van der Waals surface area contributed by atoms with Gasteiger partial charge in [0.15, 0.2) is 5.96 Å². The summed E-state index contributed by atoms with van der Waals surface area (Å²) < 4.78 is 26.0. The molecule has 166 valence electrons. The molecule has 8 nitrogen and oxygen atoms in total. The van der Waals surface area contributed by atoms with Crippen molar-refractivity contribution in [2.24, 2.45) is 10.9 Å². The van der Waals surface area contributed by atoms with Gasteiger partial charge in [-0.25, -0.2) is 18.1 Å². The topological polar surface area (TPSA) is 103 Å². The average Bonchev–Trinajstić information content (AvgIpc) is 3.44. The van der Waals surface area contributed by atoms with Gasteiger partial charge < -0.3 is 15.5 Å². The molecule has 1 amide bonds. The largest absolute Gasteiger partial charge is 0.357 e. The number of carbonyl (C=O) groups is 1. The quantitative estimate of drug-likeness (QED) is 0.444. The number of hydrogen-bond acceptors (Lipinski definition) is 4. The van der Waals surface area contributed by atoms with Crippen LogP contribution >= 0.6 is 0 Å². The molecule has 1 aliphatic heterocycles. The Labute approximate surface area is 179 Å². The highest BCUT2D eigenvalue weighted by molar-refractivity contribution is 7.89. The number of guanidine groups is 1. The molecule has 1 aromatic rings. The van der Waals surface area contributed by atoms with Crippen LogP contribution in [0.3, 0.4) is 0 Å². The lowest BCUT2D eigenvalue weighted by molar-refractivity contribution is -0.134. The molecule has 0 radical (unpaired) electrons. The lowest BCUT2D eigenvalue weighted by Gasteiger charge is -2.21. The van der Waals surface area contributed by atoms with E-state index in [2.05, 4.69) is 20.3 Å². The third-order valence-electron chi connectivity index (χ3n) is 5.81. The van der Waals surface area contributed by atoms with E-state index in [1.54, 1.807) is 24.3 Å². The molecule has 0 aromatic heterocycles. The van der Waals surface area contributed by atoms with E-state index in [0.717, 1.165) is 44.5 Å². The fraction of sp³-hybridized carbons (Fsp3) is 0.619. The molecule has 1 saturated heterocycles. The second-order valence-corrected chi connectivity index (χ2v) is 9.83. The van der Waals surface area contributed by atoms with Crippen LogP contribution in [0.4, 0.5) is 0 Å². The molecule has 2 aliphatic rings. The molecule has 1 aliphatic carbocycles. The molecule has 30 heavy (non-hydrogen) atoms. The number of amides is 1. The van der Waals surface area contributed by atoms with E-state index >= 15 is 0 Å². The summed E-state index contributed by atoms with van der Waals surface area (Å²) in [5.74, 6) is 1.25. The van der Waals surface area contributed by atoms with Crippen LogP contribution in [0.25, 0.3) is 0 Å². The maximum atomic E-state index is 12.6. The first-order valence-electron chi connectivity index (χ1n) is 10.8. The molecule has 3 N–H and O–H groups in total. The number of aliphatic imine (C=N–C) groups is 1. The minimum atomic E-state index is -3.43. The van der Waals surface area contributed by atoms with Gasteiger partial charge in [0, 0.05) is 31.6 Å². The first-order chi connectivity index (χ1) is 14.4. The van der Waals surface area contributed by atoms with Gasteiger partial charge in [0.1, 0.15) is 0 Å². The van der Waals surface area contributed by atoms with Crippen molar-refractivity contribution in [2.45, 2.75) is 56.5 Å². The van der Waals surface area contributed by atoms with Crippen LogP contribution in [0.5, 0.6) is 0 Å². The molecule has 1 unspecified atom stereocenters. The average molecular weight is 436 g/mol. The number of sulfonamides is 1. The van der Waals surface area contributed by atoms with Crippen LogP contribution in [0, 0.1) is 5.92 Å². The molecule has 0 spiro atoms. The number of likely N-dealkylation sites (tertiary alicyclic amines) is 1. The number of benzene rings is 1. The Morgan fingerprint density at radius 1 is 1.17 bits per heavy atom. The van der Waals surface area contributed by atoms with E-state index < -0.39 is 10.0 Å². The minimum absolute atomic E-state index is 0.191. The SMILES string of the molecule is CCNC(=NCc1ccc(S(=O)(=O)NC)cc1)NC1CCN(C(=O)C2CCCC2)C1. The summed E-state index contributed by atoms with van der Waals surface area (Å²) in [6.45, 7) is 4.71. The zero-order chi connectivity index (χ0) is 21.6. The van der Waals surface area contributed by atoms with Crippen LogP contribution in [0.15, 0.2) is 34.2 Å². The highest BCUT2D eigenvalue weighted by atomic mass is 32.2. The van der Waals surface area contributed by atoms with Crippen molar-refractivity contribution < 1.29 is 13.2 Å². The number of carbonyl (C=O) groups excluding carboxylic acids is 1. The summed E-state index contributed by atoms with van der Waals surface area (Å²) in [6.07, 6.45) is 5.33. The zero-order valence-corrected chi connectivity index (χ0v) is 18.7. The number of nitrogens with zero attached hydrogens (tertiary/aromatic N) is 2. The van der Waals surface area contributed by atoms with Crippen LogP contribution in [-0.4, -0.2) is 57.9 Å². The normalized spacial score (nSPS) is 20.5. The molecule has 1 heterocycles. The molecular formula is C21H33N5O3S. The van der Waals surface area contributed by atoms with Gasteiger partial charge in [-0.3, -0.25) is 4.79 Å². The van der Waals surface area contributed by atoms with Crippen molar-refractivity contribution in [1.29, 1.82) is 0 Å². The van der Waals surface area contributed by atoms with Crippen molar-refractivity contribution in [3.8, 4) is 0 Å². The Morgan fingerprint density at radius 2 is 1.87 bits per heavy atom. The summed E-state index contributed by atoms with van der Waals surface area (Å²) in [5, 5.41) is 6.70. The van der Waals surface area contributed by atoms with Gasteiger partial charge in [-0.2, -0.15) is 0 Å². The fourth-order valence-electron chi connectivity index (χ4n) is 4.08. The molecular weight excluding hydrogens is 402 g/mol. The monoisotopic (exact) mass is 435 g/mol. The molecule has 2 fully saturated rings. The van der Waals surface area contributed by atoms with Gasteiger partial charge in [0.05, 0.1) is 11.4 Å². The van der Waals surface area contributed by atoms with Gasteiger partial charge in [-0.15, -0.1) is 0 Å². The molecule has 1 aromatic carbocycles. The molecule has 9 heteroatoms. The standard InChI is InChI=1S/C21H33N5O3S/c1-3-23-21(24-14-16-8-10-19(11-9-16)30(28,29)22-2)25-18-12-13-26(15-18)20(27)17-6-4-5-7-17/h8-11,17-18,22H,3-7,12-15H2,1-2H3,(H2,23,24,25). The Hall–Kier alpha value is -2.13. The van der Waals surface area contributed by atoms with Crippen molar-refractivity contribution in [1.82, 2.24) is 20.3 Å². The van der Waals surface area contributed by atoms with E-state index in [-0.39, 0.29) is 16.9 Å². The second-order valence-electron chi connectivity index (χ2n) is 7.94. The Kier molecular flexibility index (Phi) is 7.71. The van der Waals surface area contributed by atoms with E-state index in [1.807, 2.05) is 11.8 Å². The van der Waals surface area contributed by atoms with Crippen molar-refractivity contribution in [3.63, 3.8) is 0 Å². The van der Waals surface area contributed by atoms with Gasteiger partial charge in [-0.1, -0.05) is 25.0 Å². The molecule has 3 rings (SSSR count). The first-order valence-corrected chi connectivity index (χ1v) is 12.3. The summed E-state index contributed by atoms with van der Waals surface area (Å²) in [4.78, 5) is 19.5. The highest BCUT2D eigenvalue weighted by Crippen LogP contribution is 2.27. The predicted octanol–water partition coefficient (Wildman–Crippen LogP) is 1.44. The number of hydrogen-bond donors (Lipinski definition) is 3. The maximum absolute atomic E-state index is 12.6. The van der Waals surface area contributed by atoms with Gasteiger partial charge in [0.2, 0.25) is 15.9 Å². The van der Waals surface area contributed by atoms with Gasteiger partial charge in [-0.05, 0) is 50.9 Å². The number of rotatable bonds is 7. The van der Waals surface area contributed by atoms with Crippen LogP contribution < -0.4 is 15.4 Å². The van der Waals surface area contributed by atoms with E-state index in [4.69, 9.17) is 0 Å². The van der Waals surface area contributed by atoms with Crippen molar-refractivity contribution >= 4 is 21.9 Å². The van der Waals surface area contributed by atoms with E-state index in [9.17, 15) is 13.2 Å². The third-order valence-corrected chi connectivity index (χ3v) is 7.24. The lowest BCUT2D eigenvalue weighted by atomic mass is 10.1. The summed E-state index contributed by atoms with van der Waals surface area (Å²) in [6, 6.07) is 6.90. The molecule has 0 bridgehead atoms. The maximum Gasteiger partial charge on any atom is 0.240 e. The van der Waals surface area contributed by atoms with E-state index in [1.165, 1.54) is 19.9 Å². The summed E-state index contributed by atoms with van der Waals surface area (Å²) in [7, 11) is -2.04. The Morgan fingerprint density at radius 3 is 2.50 bits per heavy atom. The van der Waals surface area contributed by atoms with Gasteiger partial charge in [0.25, 0.3) is 0 Å². The van der Waals surface area contributed by atoms with Crippen molar-refractivity contribution in [3.05, 3.63) is 29.8 Å². The van der Waals surface area contributed by atoms with Crippen LogP contribution in [0.1, 0.15) is 44.6 Å². The van der Waals surface area contributed by atoms with E-state index in [0.29, 0.717) is 18.4 Å². The van der Waals surface area contributed by atoms with Crippen LogP contribution in [-0.2, 0) is 21.4 Å². The predicted molar refractivity (Wildman–Crippen MR) is 118 cm³/mol. The Bertz CT molecular complexity index is 848. The minimum Gasteiger partial charge on any atom is -0.357 e. The third kappa shape index (κ3) is 5.72. The van der Waals surface area contributed by atoms with Gasteiger partial charge >= 0.3 is 0 Å². The van der Waals surface area contributed by atoms with Crippen LogP contribution in [0.2, 0.25) is 0 Å². The lowest BCUT2D eigenvalue weighted by Crippen LogP contribution is -2.45. The summed E-state index contributed by atoms with van der Waals surface area (Å²) in [5.41, 5.74) is 0.923. The molecule has 1 saturated carbocycles. The molecule has 1 atom stereocenters. The number of nitrogens with one attached hydrogen (secondary N) is 3. The second kappa shape index (κ2) is 10.3. The fourth-order valence-corrected chi connectivity index (χ4v) is 4.81. The van der Waals surface area contributed by atoms with Crippen molar-refractivity contribution in [2.75, 3.05) is 26.7 Å². The Balaban J connectivity index is 1.56.